The quantitative estimate of drug-likeness (QED) is 0.205. The maximum absolute atomic E-state index is 13.6. The summed E-state index contributed by atoms with van der Waals surface area (Å²) in [5.41, 5.74) is 9.62. The van der Waals surface area contributed by atoms with E-state index in [2.05, 4.69) is 47.0 Å². The van der Waals surface area contributed by atoms with E-state index >= 15 is 0 Å². The second-order valence-electron chi connectivity index (χ2n) is 11.7. The standard InChI is InChI=1S/C35H33N9O7/c1-20-5-4-6-23-14-47-33(38-23)27-18-51-35(43-27)29-19-50-32(42-29)25(13-21-7-9-22(10-8-21)37-11-12-44(2)3)39-30(45)26-16-49-34(40-26)28-17-48-31(41-28)24(36)15-46-20/h4-5,7-10,14-19,25,37H,1,6,11-13,36H2,2-3H3,(H,39,45)/b5-4+,24-15-. The second-order valence-corrected chi connectivity index (χ2v) is 11.7. The molecule has 1 aliphatic heterocycles. The molecule has 6 aromatic rings. The van der Waals surface area contributed by atoms with Crippen molar-refractivity contribution in [1.29, 1.82) is 0 Å². The first kappa shape index (κ1) is 32.8. The molecular weight excluding hydrogens is 658 g/mol. The summed E-state index contributed by atoms with van der Waals surface area (Å²) in [6, 6.07) is 7.19. The fourth-order valence-electron chi connectivity index (χ4n) is 4.94. The van der Waals surface area contributed by atoms with Crippen molar-refractivity contribution in [2.24, 2.45) is 5.73 Å². The number of benzene rings is 1. The normalized spacial score (nSPS) is 16.8. The van der Waals surface area contributed by atoms with Gasteiger partial charge in [-0.3, -0.25) is 4.79 Å². The van der Waals surface area contributed by atoms with Crippen molar-refractivity contribution in [3.8, 4) is 34.8 Å². The summed E-state index contributed by atoms with van der Waals surface area (Å²) >= 11 is 0. The zero-order valence-corrected chi connectivity index (χ0v) is 27.7. The molecule has 16 nitrogen and oxygen atoms in total. The van der Waals surface area contributed by atoms with Gasteiger partial charge in [0, 0.05) is 31.6 Å². The molecule has 0 radical (unpaired) electrons. The van der Waals surface area contributed by atoms with Gasteiger partial charge in [-0.05, 0) is 37.9 Å². The largest absolute Gasteiger partial charge is 0.463 e. The van der Waals surface area contributed by atoms with E-state index in [1.807, 2.05) is 38.4 Å². The predicted octanol–water partition coefficient (Wildman–Crippen LogP) is 5.21. The van der Waals surface area contributed by atoms with Gasteiger partial charge in [-0.1, -0.05) is 24.8 Å². The Bertz CT molecular complexity index is 2200. The molecule has 1 aliphatic rings. The van der Waals surface area contributed by atoms with E-state index in [1.54, 1.807) is 12.2 Å². The lowest BCUT2D eigenvalue weighted by atomic mass is 10.0. The fourth-order valence-corrected chi connectivity index (χ4v) is 4.94. The van der Waals surface area contributed by atoms with Gasteiger partial charge < -0.3 is 48.1 Å². The molecule has 260 valence electrons. The monoisotopic (exact) mass is 691 g/mol. The Balaban J connectivity index is 1.19. The lowest BCUT2D eigenvalue weighted by molar-refractivity contribution is 0.0925. The Labute approximate surface area is 290 Å². The fraction of sp³-hybridized carbons (Fsp3) is 0.200. The van der Waals surface area contributed by atoms with Gasteiger partial charge in [-0.2, -0.15) is 0 Å². The smallest absolute Gasteiger partial charge is 0.273 e. The highest BCUT2D eigenvalue weighted by atomic mass is 16.5. The highest BCUT2D eigenvalue weighted by Gasteiger charge is 2.26. The molecule has 7 rings (SSSR count). The lowest BCUT2D eigenvalue weighted by Crippen LogP contribution is -2.30. The van der Waals surface area contributed by atoms with Crippen LogP contribution in [0.2, 0.25) is 0 Å². The van der Waals surface area contributed by atoms with Crippen LogP contribution in [0.1, 0.15) is 39.6 Å². The molecule has 0 saturated carbocycles. The number of ether oxygens (including phenoxy) is 1. The average Bonchev–Trinajstić information content (AvgIpc) is 3.96. The Hall–Kier alpha value is -6.68. The number of carbonyl (C=O) groups excluding carboxylic acids is 1. The third kappa shape index (κ3) is 7.81. The Kier molecular flexibility index (Phi) is 9.30. The number of amides is 1. The number of likely N-dealkylation sites (N-methyl/N-ethyl adjacent to an activating group) is 1. The Morgan fingerprint density at radius 2 is 1.47 bits per heavy atom. The van der Waals surface area contributed by atoms with Crippen molar-refractivity contribution in [3.63, 3.8) is 0 Å². The highest BCUT2D eigenvalue weighted by Crippen LogP contribution is 2.28. The van der Waals surface area contributed by atoms with Crippen LogP contribution in [-0.2, 0) is 17.6 Å². The number of carbonyl (C=O) groups is 1. The first-order chi connectivity index (χ1) is 24.8. The molecule has 0 saturated heterocycles. The van der Waals surface area contributed by atoms with Crippen LogP contribution in [0, 0.1) is 0 Å². The minimum absolute atomic E-state index is 0.00474. The number of nitrogens with zero attached hydrogens (tertiary/aromatic N) is 6. The number of anilines is 1. The van der Waals surface area contributed by atoms with Crippen LogP contribution in [0.3, 0.4) is 0 Å². The molecule has 10 bridgehead atoms. The molecule has 0 aliphatic carbocycles. The van der Waals surface area contributed by atoms with Gasteiger partial charge in [0.05, 0.1) is 5.69 Å². The third-order valence-corrected chi connectivity index (χ3v) is 7.58. The topological polar surface area (TPSA) is 210 Å². The van der Waals surface area contributed by atoms with Gasteiger partial charge in [0.15, 0.2) is 22.8 Å². The summed E-state index contributed by atoms with van der Waals surface area (Å²) < 4.78 is 33.8. The minimum atomic E-state index is -0.719. The summed E-state index contributed by atoms with van der Waals surface area (Å²) in [7, 11) is 4.04. The van der Waals surface area contributed by atoms with Crippen LogP contribution in [0.15, 0.2) is 108 Å². The molecule has 4 N–H and O–H groups in total. The van der Waals surface area contributed by atoms with E-state index in [0.29, 0.717) is 35.7 Å². The third-order valence-electron chi connectivity index (χ3n) is 7.58. The average molecular weight is 692 g/mol. The zero-order chi connectivity index (χ0) is 35.3. The number of hydrogen-bond donors (Lipinski definition) is 3. The highest BCUT2D eigenvalue weighted by molar-refractivity contribution is 5.92. The molecular formula is C35H33N9O7. The number of rotatable bonds is 6. The van der Waals surface area contributed by atoms with Gasteiger partial charge in [-0.25, -0.2) is 24.9 Å². The van der Waals surface area contributed by atoms with Crippen LogP contribution >= 0.6 is 0 Å². The molecule has 6 heterocycles. The van der Waals surface area contributed by atoms with Crippen LogP contribution in [0.4, 0.5) is 5.69 Å². The van der Waals surface area contributed by atoms with E-state index in [1.165, 1.54) is 37.6 Å². The van der Waals surface area contributed by atoms with Gasteiger partial charge in [0.25, 0.3) is 5.91 Å². The van der Waals surface area contributed by atoms with E-state index in [0.717, 1.165) is 24.3 Å². The maximum atomic E-state index is 13.6. The molecule has 1 amide bonds. The molecule has 5 aromatic heterocycles. The van der Waals surface area contributed by atoms with Gasteiger partial charge in [0.1, 0.15) is 55.1 Å². The van der Waals surface area contributed by atoms with E-state index in [-0.39, 0.29) is 46.5 Å². The summed E-state index contributed by atoms with van der Waals surface area (Å²) in [6.45, 7) is 5.54. The number of aromatic nitrogens is 5. The first-order valence-electron chi connectivity index (χ1n) is 15.8. The van der Waals surface area contributed by atoms with Crippen molar-refractivity contribution in [2.45, 2.75) is 18.9 Å². The predicted molar refractivity (Wildman–Crippen MR) is 182 cm³/mol. The molecule has 51 heavy (non-hydrogen) atoms. The van der Waals surface area contributed by atoms with E-state index in [4.69, 9.17) is 32.6 Å². The SMILES string of the molecule is C=C1/C=C/Cc2coc(n2)-c2coc(n2)-c2coc(n2)C(Cc2ccc(NCCN(C)C)cc2)NC(=O)c2coc(n2)-c2coc(n2)/C(N)=C/O1. The van der Waals surface area contributed by atoms with Crippen molar-refractivity contribution in [3.05, 3.63) is 115 Å². The first-order valence-corrected chi connectivity index (χ1v) is 15.8. The second kappa shape index (κ2) is 14.4. The van der Waals surface area contributed by atoms with Gasteiger partial charge in [0.2, 0.25) is 29.5 Å². The number of hydrogen-bond acceptors (Lipinski definition) is 15. The van der Waals surface area contributed by atoms with Crippen molar-refractivity contribution in [1.82, 2.24) is 35.1 Å². The lowest BCUT2D eigenvalue weighted by Gasteiger charge is -2.16. The molecule has 1 aromatic carbocycles. The van der Waals surface area contributed by atoms with E-state index in [9.17, 15) is 4.79 Å². The van der Waals surface area contributed by atoms with Crippen LogP contribution in [-0.4, -0.2) is 62.9 Å². The molecule has 1 atom stereocenters. The number of fused-ring (bicyclic) bond motifs is 13. The van der Waals surface area contributed by atoms with Gasteiger partial charge >= 0.3 is 0 Å². The Morgan fingerprint density at radius 3 is 2.24 bits per heavy atom. The van der Waals surface area contributed by atoms with Crippen molar-refractivity contribution in [2.75, 3.05) is 32.5 Å². The molecule has 16 heteroatoms. The zero-order valence-electron chi connectivity index (χ0n) is 27.7. The number of nitrogens with one attached hydrogen (secondary N) is 2. The van der Waals surface area contributed by atoms with Crippen LogP contribution < -0.4 is 16.4 Å². The number of nitrogens with two attached hydrogens (primary N) is 1. The molecule has 1 unspecified atom stereocenters. The minimum Gasteiger partial charge on any atom is -0.463 e. The summed E-state index contributed by atoms with van der Waals surface area (Å²) in [5, 5.41) is 6.36. The van der Waals surface area contributed by atoms with E-state index < -0.39 is 11.9 Å². The van der Waals surface area contributed by atoms with Crippen LogP contribution in [0.25, 0.3) is 40.5 Å². The Morgan fingerprint density at radius 1 is 0.843 bits per heavy atom. The summed E-state index contributed by atoms with van der Waals surface area (Å²) in [6.07, 6.45) is 12.3. The van der Waals surface area contributed by atoms with Crippen LogP contribution in [0.5, 0.6) is 0 Å². The number of allylic oxidation sites excluding steroid dienone is 2. The number of oxazole rings is 5. The maximum Gasteiger partial charge on any atom is 0.273 e. The molecule has 0 spiro atoms. The van der Waals surface area contributed by atoms with Crippen molar-refractivity contribution >= 4 is 17.3 Å². The summed E-state index contributed by atoms with van der Waals surface area (Å²) in [4.78, 5) is 37.9. The molecule has 0 fully saturated rings. The van der Waals surface area contributed by atoms with Gasteiger partial charge in [-0.15, -0.1) is 0 Å². The summed E-state index contributed by atoms with van der Waals surface area (Å²) in [5.74, 6) is 0.526. The van der Waals surface area contributed by atoms with Crippen molar-refractivity contribution < 1.29 is 31.6 Å².